The molecule has 3 aromatic rings. The Morgan fingerprint density at radius 2 is 2.00 bits per heavy atom. The van der Waals surface area contributed by atoms with E-state index in [9.17, 15) is 0 Å². The van der Waals surface area contributed by atoms with Crippen molar-refractivity contribution in [1.82, 2.24) is 15.0 Å². The lowest BCUT2D eigenvalue weighted by Crippen LogP contribution is -2.01. The van der Waals surface area contributed by atoms with Crippen molar-refractivity contribution in [3.8, 4) is 0 Å². The van der Waals surface area contributed by atoms with Crippen LogP contribution in [0.3, 0.4) is 0 Å². The minimum Gasteiger partial charge on any atom is -0.326 e. The maximum atomic E-state index is 5.83. The van der Waals surface area contributed by atoms with Crippen LogP contribution in [0.5, 0.6) is 0 Å². The smallest absolute Gasteiger partial charge is 0.194 e. The molecule has 0 aliphatic carbocycles. The highest BCUT2D eigenvalue weighted by atomic mass is 32.2. The standard InChI is InChI=1S/C15H14N4S/c1-10-6-7-17-15(18-10)20-14-12(9-16)8-11-4-2-3-5-13(11)19-14/h2-8H,9,16H2,1H3. The van der Waals surface area contributed by atoms with Crippen molar-refractivity contribution in [2.45, 2.75) is 23.7 Å². The number of hydrogen-bond donors (Lipinski definition) is 1. The van der Waals surface area contributed by atoms with E-state index in [1.807, 2.05) is 37.3 Å². The van der Waals surface area contributed by atoms with Crippen LogP contribution in [0.1, 0.15) is 11.3 Å². The van der Waals surface area contributed by atoms with E-state index in [1.165, 1.54) is 11.8 Å². The maximum absolute atomic E-state index is 5.83. The molecule has 0 bridgehead atoms. The van der Waals surface area contributed by atoms with Gasteiger partial charge >= 0.3 is 0 Å². The summed E-state index contributed by atoms with van der Waals surface area (Å²) in [5.74, 6) is 0. The van der Waals surface area contributed by atoms with Gasteiger partial charge in [-0.25, -0.2) is 15.0 Å². The van der Waals surface area contributed by atoms with Gasteiger partial charge in [-0.05, 0) is 42.4 Å². The Kier molecular flexibility index (Phi) is 3.62. The number of pyridine rings is 1. The van der Waals surface area contributed by atoms with Gasteiger partial charge in [0.05, 0.1) is 5.52 Å². The Morgan fingerprint density at radius 1 is 1.15 bits per heavy atom. The average Bonchev–Trinajstić information content (AvgIpc) is 2.46. The molecule has 0 saturated carbocycles. The van der Waals surface area contributed by atoms with Crippen LogP contribution in [-0.4, -0.2) is 15.0 Å². The van der Waals surface area contributed by atoms with Gasteiger partial charge < -0.3 is 5.73 Å². The Morgan fingerprint density at radius 3 is 2.80 bits per heavy atom. The van der Waals surface area contributed by atoms with Gasteiger partial charge in [0.1, 0.15) is 5.03 Å². The summed E-state index contributed by atoms with van der Waals surface area (Å²) in [6, 6.07) is 12.0. The summed E-state index contributed by atoms with van der Waals surface area (Å²) in [6.07, 6.45) is 1.76. The zero-order valence-corrected chi connectivity index (χ0v) is 11.9. The first-order valence-corrected chi connectivity index (χ1v) is 7.14. The SMILES string of the molecule is Cc1ccnc(Sc2nc3ccccc3cc2CN)n1. The van der Waals surface area contributed by atoms with E-state index in [0.29, 0.717) is 11.7 Å². The van der Waals surface area contributed by atoms with Crippen LogP contribution in [0.15, 0.2) is 52.8 Å². The summed E-state index contributed by atoms with van der Waals surface area (Å²) < 4.78 is 0. The normalized spacial score (nSPS) is 10.9. The van der Waals surface area contributed by atoms with E-state index in [4.69, 9.17) is 5.73 Å². The summed E-state index contributed by atoms with van der Waals surface area (Å²) >= 11 is 1.45. The molecule has 5 heteroatoms. The molecule has 0 aliphatic heterocycles. The molecular weight excluding hydrogens is 268 g/mol. The molecule has 2 N–H and O–H groups in total. The molecule has 3 rings (SSSR count). The van der Waals surface area contributed by atoms with Crippen molar-refractivity contribution in [2.75, 3.05) is 0 Å². The van der Waals surface area contributed by atoms with Crippen LogP contribution in [-0.2, 0) is 6.54 Å². The Bertz CT molecular complexity index is 758. The summed E-state index contributed by atoms with van der Waals surface area (Å²) in [6.45, 7) is 2.40. The number of benzene rings is 1. The number of nitrogens with two attached hydrogens (primary N) is 1. The van der Waals surface area contributed by atoms with Gasteiger partial charge in [-0.3, -0.25) is 0 Å². The first-order chi connectivity index (χ1) is 9.76. The predicted molar refractivity (Wildman–Crippen MR) is 80.5 cm³/mol. The van der Waals surface area contributed by atoms with Gasteiger partial charge in [0, 0.05) is 23.8 Å². The topological polar surface area (TPSA) is 64.7 Å². The lowest BCUT2D eigenvalue weighted by Gasteiger charge is -2.08. The van der Waals surface area contributed by atoms with E-state index < -0.39 is 0 Å². The van der Waals surface area contributed by atoms with Gasteiger partial charge in [0.15, 0.2) is 5.16 Å². The van der Waals surface area contributed by atoms with Crippen LogP contribution in [0, 0.1) is 6.92 Å². The van der Waals surface area contributed by atoms with Gasteiger partial charge in [-0.15, -0.1) is 0 Å². The van der Waals surface area contributed by atoms with Crippen LogP contribution in [0.4, 0.5) is 0 Å². The molecule has 1 aromatic carbocycles. The highest BCUT2D eigenvalue weighted by molar-refractivity contribution is 7.99. The second-order valence-corrected chi connectivity index (χ2v) is 5.39. The van der Waals surface area contributed by atoms with Crippen molar-refractivity contribution in [2.24, 2.45) is 5.73 Å². The van der Waals surface area contributed by atoms with Crippen molar-refractivity contribution in [3.63, 3.8) is 0 Å². The molecule has 2 heterocycles. The van der Waals surface area contributed by atoms with Crippen molar-refractivity contribution >= 4 is 22.7 Å². The molecule has 0 amide bonds. The van der Waals surface area contributed by atoms with E-state index >= 15 is 0 Å². The number of para-hydroxylation sites is 1. The summed E-state index contributed by atoms with van der Waals surface area (Å²) in [5.41, 5.74) is 8.74. The third-order valence-electron chi connectivity index (χ3n) is 2.94. The third kappa shape index (κ3) is 2.64. The zero-order chi connectivity index (χ0) is 13.9. The molecule has 0 aliphatic rings. The minimum atomic E-state index is 0.450. The second kappa shape index (κ2) is 5.56. The Balaban J connectivity index is 2.05. The molecule has 4 nitrogen and oxygen atoms in total. The van der Waals surface area contributed by atoms with Crippen molar-refractivity contribution in [1.29, 1.82) is 0 Å². The third-order valence-corrected chi connectivity index (χ3v) is 3.87. The van der Waals surface area contributed by atoms with Gasteiger partial charge in [0.2, 0.25) is 0 Å². The van der Waals surface area contributed by atoms with Gasteiger partial charge in [0.25, 0.3) is 0 Å². The lowest BCUT2D eigenvalue weighted by molar-refractivity contribution is 0.919. The molecule has 0 atom stereocenters. The quantitative estimate of drug-likeness (QED) is 0.748. The number of nitrogens with zero attached hydrogens (tertiary/aromatic N) is 3. The monoisotopic (exact) mass is 282 g/mol. The van der Waals surface area contributed by atoms with Crippen LogP contribution in [0.25, 0.3) is 10.9 Å². The van der Waals surface area contributed by atoms with E-state index in [2.05, 4.69) is 21.0 Å². The molecule has 0 fully saturated rings. The molecule has 2 aromatic heterocycles. The fraction of sp³-hybridized carbons (Fsp3) is 0.133. The fourth-order valence-electron chi connectivity index (χ4n) is 1.94. The summed E-state index contributed by atoms with van der Waals surface area (Å²) in [4.78, 5) is 13.3. The van der Waals surface area contributed by atoms with E-state index in [1.54, 1.807) is 6.20 Å². The predicted octanol–water partition coefficient (Wildman–Crippen LogP) is 2.94. The lowest BCUT2D eigenvalue weighted by atomic mass is 10.1. The highest BCUT2D eigenvalue weighted by Crippen LogP contribution is 2.28. The van der Waals surface area contributed by atoms with E-state index in [-0.39, 0.29) is 0 Å². The first kappa shape index (κ1) is 13.0. The van der Waals surface area contributed by atoms with E-state index in [0.717, 1.165) is 27.2 Å². The first-order valence-electron chi connectivity index (χ1n) is 6.32. The molecule has 0 spiro atoms. The molecule has 0 unspecified atom stereocenters. The number of aromatic nitrogens is 3. The van der Waals surface area contributed by atoms with Crippen LogP contribution in [0.2, 0.25) is 0 Å². The fourth-order valence-corrected chi connectivity index (χ4v) is 2.83. The second-order valence-electron chi connectivity index (χ2n) is 4.43. The molecule has 20 heavy (non-hydrogen) atoms. The van der Waals surface area contributed by atoms with Crippen LogP contribution < -0.4 is 5.73 Å². The van der Waals surface area contributed by atoms with Gasteiger partial charge in [-0.2, -0.15) is 0 Å². The molecular formula is C15H14N4S. The molecule has 0 saturated heterocycles. The van der Waals surface area contributed by atoms with Crippen LogP contribution >= 0.6 is 11.8 Å². The zero-order valence-electron chi connectivity index (χ0n) is 11.1. The number of rotatable bonds is 3. The number of fused-ring (bicyclic) bond motifs is 1. The molecule has 0 radical (unpaired) electrons. The average molecular weight is 282 g/mol. The Hall–Kier alpha value is -1.98. The largest absolute Gasteiger partial charge is 0.326 e. The molecule has 100 valence electrons. The number of aryl methyl sites for hydroxylation is 1. The summed E-state index contributed by atoms with van der Waals surface area (Å²) in [7, 11) is 0. The minimum absolute atomic E-state index is 0.450. The van der Waals surface area contributed by atoms with Gasteiger partial charge in [-0.1, -0.05) is 18.2 Å². The maximum Gasteiger partial charge on any atom is 0.194 e. The highest BCUT2D eigenvalue weighted by Gasteiger charge is 2.09. The summed E-state index contributed by atoms with van der Waals surface area (Å²) in [5, 5.41) is 2.67. The van der Waals surface area contributed by atoms with Crippen molar-refractivity contribution in [3.05, 3.63) is 53.9 Å². The Labute approximate surface area is 121 Å². The van der Waals surface area contributed by atoms with Crippen molar-refractivity contribution < 1.29 is 0 Å². The number of hydrogen-bond acceptors (Lipinski definition) is 5.